The average Bonchev–Trinajstić information content (AvgIpc) is 3.96. The maximum absolute atomic E-state index is 6.50. The highest BCUT2D eigenvalue weighted by atomic mass is 16.3. The fourth-order valence-corrected chi connectivity index (χ4v) is 11.4. The molecule has 0 spiro atoms. The molecule has 1 aliphatic carbocycles. The molecule has 0 aliphatic heterocycles. The van der Waals surface area contributed by atoms with Crippen LogP contribution in [0.15, 0.2) is 235 Å². The van der Waals surface area contributed by atoms with Gasteiger partial charge in [-0.15, -0.1) is 0 Å². The van der Waals surface area contributed by atoms with Crippen molar-refractivity contribution in [3.8, 4) is 50.2 Å². The van der Waals surface area contributed by atoms with E-state index in [1.54, 1.807) is 0 Å². The minimum absolute atomic E-state index is 0.913. The fraction of sp³-hybridized carbons (Fsp3) is 0.0303. The van der Waals surface area contributed by atoms with Gasteiger partial charge >= 0.3 is 0 Å². The van der Waals surface area contributed by atoms with Crippen molar-refractivity contribution in [2.45, 2.75) is 12.8 Å². The maximum Gasteiger partial charge on any atom is 0.143 e. The van der Waals surface area contributed by atoms with E-state index in [2.05, 4.69) is 235 Å². The van der Waals surface area contributed by atoms with Gasteiger partial charge in [0.25, 0.3) is 0 Å². The van der Waals surface area contributed by atoms with Gasteiger partial charge in [-0.2, -0.15) is 0 Å². The number of fused-ring (bicyclic) bond motifs is 9. The molecule has 0 saturated carbocycles. The first-order valence-corrected chi connectivity index (χ1v) is 23.7. The van der Waals surface area contributed by atoms with Crippen LogP contribution in [0.4, 0.5) is 0 Å². The number of furan rings is 1. The average molecular weight is 866 g/mol. The van der Waals surface area contributed by atoms with Gasteiger partial charge in [0.15, 0.2) is 0 Å². The zero-order chi connectivity index (χ0) is 44.7. The lowest BCUT2D eigenvalue weighted by atomic mass is 9.86. The van der Waals surface area contributed by atoms with Crippen LogP contribution in [-0.4, -0.2) is 4.57 Å². The van der Waals surface area contributed by atoms with Crippen LogP contribution >= 0.6 is 0 Å². The molecule has 0 saturated heterocycles. The van der Waals surface area contributed by atoms with Gasteiger partial charge in [-0.3, -0.25) is 0 Å². The van der Waals surface area contributed by atoms with E-state index in [1.807, 2.05) is 6.07 Å². The minimum Gasteiger partial charge on any atom is -0.455 e. The third-order valence-corrected chi connectivity index (χ3v) is 14.5. The third-order valence-electron chi connectivity index (χ3n) is 14.5. The summed E-state index contributed by atoms with van der Waals surface area (Å²) in [5.41, 5.74) is 19.2. The number of nitrogens with zero attached hydrogens (tertiary/aromatic N) is 1. The number of para-hydroxylation sites is 2. The Morgan fingerprint density at radius 1 is 0.353 bits per heavy atom. The quantitative estimate of drug-likeness (QED) is 0.152. The number of aromatic nitrogens is 1. The van der Waals surface area contributed by atoms with Crippen molar-refractivity contribution >= 4 is 76.8 Å². The molecular formula is C66H43NO. The summed E-state index contributed by atoms with van der Waals surface area (Å²) in [6.07, 6.45) is 4.38. The molecule has 1 aliphatic rings. The molecule has 68 heavy (non-hydrogen) atoms. The van der Waals surface area contributed by atoms with Gasteiger partial charge in [-0.1, -0.05) is 194 Å². The zero-order valence-electron chi connectivity index (χ0n) is 37.3. The molecular weight excluding hydrogens is 823 g/mol. The molecule has 13 aromatic rings. The molecule has 0 N–H and O–H groups in total. The number of allylic oxidation sites excluding steroid dienone is 1. The van der Waals surface area contributed by atoms with Gasteiger partial charge in [-0.05, 0) is 138 Å². The number of benzene rings is 11. The lowest BCUT2D eigenvalue weighted by Gasteiger charge is -2.20. The topological polar surface area (TPSA) is 18.1 Å². The third kappa shape index (κ3) is 6.04. The molecule has 2 heterocycles. The van der Waals surface area contributed by atoms with Crippen LogP contribution in [0.1, 0.15) is 23.2 Å². The maximum atomic E-state index is 6.50. The van der Waals surface area contributed by atoms with Crippen LogP contribution in [0, 0.1) is 0 Å². The second-order valence-electron chi connectivity index (χ2n) is 18.2. The SMILES string of the molecule is C1=C(c2cccc3ccccc23)CCc2c1c1cc(-c3cccc(-c4cccc5c4oc4ccccc45)c3)ccc1n2-c1ccc(-c2c3ccccc3c(-c3ccccc3)c3ccccc23)cc1. The summed E-state index contributed by atoms with van der Waals surface area (Å²) in [4.78, 5) is 0. The van der Waals surface area contributed by atoms with Crippen molar-refractivity contribution in [2.75, 3.05) is 0 Å². The Kier molecular flexibility index (Phi) is 8.75. The Balaban J connectivity index is 0.930. The predicted molar refractivity (Wildman–Crippen MR) is 287 cm³/mol. The fourth-order valence-electron chi connectivity index (χ4n) is 11.4. The molecule has 14 rings (SSSR count). The summed E-state index contributed by atoms with van der Waals surface area (Å²) in [6, 6.07) is 84.4. The lowest BCUT2D eigenvalue weighted by Crippen LogP contribution is -2.05. The smallest absolute Gasteiger partial charge is 0.143 e. The van der Waals surface area contributed by atoms with Gasteiger partial charge < -0.3 is 8.98 Å². The molecule has 318 valence electrons. The first-order valence-electron chi connectivity index (χ1n) is 23.7. The molecule has 0 fully saturated rings. The van der Waals surface area contributed by atoms with Gasteiger partial charge in [0.05, 0.1) is 5.52 Å². The van der Waals surface area contributed by atoms with Crippen LogP contribution in [0.2, 0.25) is 0 Å². The molecule has 11 aromatic carbocycles. The Morgan fingerprint density at radius 2 is 0.897 bits per heavy atom. The first-order chi connectivity index (χ1) is 33.7. The standard InChI is InChI=1S/C66H43NO/c1-2-16-43(17-3-1)64-54-23-6-8-25-56(54)65(57-26-9-7-24-55(57)64)44-31-35-49(36-32-44)67-61-37-33-46(40-59(61)60-41-48(34-38-62(60)67)51-27-13-18-42-15-4-5-21-50(42)51)45-19-12-20-47(39-45)52-28-14-29-58-53-22-10-11-30-63(53)68-66(52)58/h1-33,35-37,39-41H,34,38H2. The predicted octanol–water partition coefficient (Wildman–Crippen LogP) is 18.1. The van der Waals surface area contributed by atoms with E-state index in [1.165, 1.54) is 105 Å². The molecule has 0 radical (unpaired) electrons. The van der Waals surface area contributed by atoms with E-state index in [0.29, 0.717) is 0 Å². The Bertz CT molecular complexity index is 4120. The number of hydrogen-bond donors (Lipinski definition) is 0. The lowest BCUT2D eigenvalue weighted by molar-refractivity contribution is 0.670. The zero-order valence-corrected chi connectivity index (χ0v) is 37.3. The Morgan fingerprint density at radius 3 is 1.66 bits per heavy atom. The minimum atomic E-state index is 0.913. The molecule has 0 atom stereocenters. The van der Waals surface area contributed by atoms with Crippen LogP contribution in [0.25, 0.3) is 127 Å². The van der Waals surface area contributed by atoms with Gasteiger partial charge in [0.2, 0.25) is 0 Å². The first kappa shape index (κ1) is 38.5. The van der Waals surface area contributed by atoms with E-state index < -0.39 is 0 Å². The summed E-state index contributed by atoms with van der Waals surface area (Å²) < 4.78 is 9.03. The Labute approximate surface area is 394 Å². The monoisotopic (exact) mass is 865 g/mol. The Hall–Kier alpha value is -8.72. The second-order valence-corrected chi connectivity index (χ2v) is 18.2. The molecule has 2 heteroatoms. The molecule has 2 nitrogen and oxygen atoms in total. The highest BCUT2D eigenvalue weighted by Crippen LogP contribution is 2.46. The van der Waals surface area contributed by atoms with Gasteiger partial charge in [0.1, 0.15) is 11.2 Å². The summed E-state index contributed by atoms with van der Waals surface area (Å²) in [6.45, 7) is 0. The highest BCUT2D eigenvalue weighted by Gasteiger charge is 2.24. The van der Waals surface area contributed by atoms with Crippen molar-refractivity contribution in [1.29, 1.82) is 0 Å². The summed E-state index contributed by atoms with van der Waals surface area (Å²) in [7, 11) is 0. The van der Waals surface area contributed by atoms with E-state index in [9.17, 15) is 0 Å². The summed E-state index contributed by atoms with van der Waals surface area (Å²) in [5, 5.41) is 11.2. The largest absolute Gasteiger partial charge is 0.455 e. The highest BCUT2D eigenvalue weighted by molar-refractivity contribution is 6.21. The molecule has 0 amide bonds. The number of rotatable bonds is 6. The second kappa shape index (κ2) is 15.4. The van der Waals surface area contributed by atoms with Crippen LogP contribution in [-0.2, 0) is 6.42 Å². The van der Waals surface area contributed by atoms with Crippen molar-refractivity contribution in [3.63, 3.8) is 0 Å². The normalized spacial score (nSPS) is 12.7. The summed E-state index contributed by atoms with van der Waals surface area (Å²) >= 11 is 0. The van der Waals surface area contributed by atoms with Crippen LogP contribution in [0.3, 0.4) is 0 Å². The van der Waals surface area contributed by atoms with E-state index in [0.717, 1.165) is 45.9 Å². The summed E-state index contributed by atoms with van der Waals surface area (Å²) in [5.74, 6) is 0. The van der Waals surface area contributed by atoms with Crippen LogP contribution < -0.4 is 0 Å². The molecule has 2 aromatic heterocycles. The van der Waals surface area contributed by atoms with E-state index >= 15 is 0 Å². The van der Waals surface area contributed by atoms with Gasteiger partial charge in [0, 0.05) is 38.7 Å². The van der Waals surface area contributed by atoms with Crippen molar-refractivity contribution in [2.24, 2.45) is 0 Å². The van der Waals surface area contributed by atoms with Gasteiger partial charge in [-0.25, -0.2) is 0 Å². The van der Waals surface area contributed by atoms with E-state index in [-0.39, 0.29) is 0 Å². The van der Waals surface area contributed by atoms with Crippen molar-refractivity contribution in [3.05, 3.63) is 247 Å². The van der Waals surface area contributed by atoms with Crippen LogP contribution in [0.5, 0.6) is 0 Å². The van der Waals surface area contributed by atoms with E-state index in [4.69, 9.17) is 4.42 Å². The van der Waals surface area contributed by atoms with Crippen molar-refractivity contribution < 1.29 is 4.42 Å². The molecule has 0 unspecified atom stereocenters. The number of hydrogen-bond acceptors (Lipinski definition) is 1. The van der Waals surface area contributed by atoms with Crippen molar-refractivity contribution in [1.82, 2.24) is 4.57 Å². The molecule has 0 bridgehead atoms.